The first kappa shape index (κ1) is 20.7. The highest BCUT2D eigenvalue weighted by atomic mass is 32.2. The van der Waals surface area contributed by atoms with Crippen LogP contribution in [0.5, 0.6) is 0 Å². The summed E-state index contributed by atoms with van der Waals surface area (Å²) in [4.78, 5) is 18.2. The molecule has 0 saturated carbocycles. The first-order valence-corrected chi connectivity index (χ1v) is 11.5. The number of nitrogens with one attached hydrogen (secondary N) is 1. The molecule has 0 bridgehead atoms. The van der Waals surface area contributed by atoms with E-state index in [1.54, 1.807) is 36.9 Å². The van der Waals surface area contributed by atoms with Crippen molar-refractivity contribution in [3.8, 4) is 11.3 Å². The number of pyridine rings is 1. The van der Waals surface area contributed by atoms with Gasteiger partial charge in [-0.2, -0.15) is 5.10 Å². The van der Waals surface area contributed by atoms with E-state index >= 15 is 0 Å². The Balaban J connectivity index is 1.75. The van der Waals surface area contributed by atoms with Crippen LogP contribution in [0.15, 0.2) is 65.6 Å². The Hall–Kier alpha value is -3.52. The minimum atomic E-state index is -3.30. The second-order valence-corrected chi connectivity index (χ2v) is 9.49. The van der Waals surface area contributed by atoms with Crippen molar-refractivity contribution in [1.29, 1.82) is 0 Å². The molecule has 0 aliphatic rings. The van der Waals surface area contributed by atoms with E-state index in [0.29, 0.717) is 33.7 Å². The highest BCUT2D eigenvalue weighted by molar-refractivity contribution is 7.91. The number of aryl methyl sites for hydroxylation is 2. The third-order valence-corrected chi connectivity index (χ3v) is 6.88. The Kier molecular flexibility index (Phi) is 5.32. The Morgan fingerprint density at radius 2 is 1.74 bits per heavy atom. The van der Waals surface area contributed by atoms with Crippen molar-refractivity contribution in [3.63, 3.8) is 0 Å². The smallest absolute Gasteiger partial charge is 0.256 e. The summed E-state index contributed by atoms with van der Waals surface area (Å²) in [5.41, 5.74) is 3.86. The first-order chi connectivity index (χ1) is 14.8. The maximum Gasteiger partial charge on any atom is 0.256 e. The minimum Gasteiger partial charge on any atom is -0.322 e. The van der Waals surface area contributed by atoms with Crippen LogP contribution in [0.2, 0.25) is 0 Å². The molecule has 1 amide bonds. The molecule has 2 aromatic carbocycles. The fourth-order valence-corrected chi connectivity index (χ4v) is 4.38. The van der Waals surface area contributed by atoms with E-state index in [1.807, 2.05) is 37.3 Å². The van der Waals surface area contributed by atoms with Gasteiger partial charge in [0.1, 0.15) is 0 Å². The lowest BCUT2D eigenvalue weighted by Gasteiger charge is -2.10. The van der Waals surface area contributed by atoms with Crippen LogP contribution in [0.1, 0.15) is 23.0 Å². The number of hydrogen-bond acceptors (Lipinski definition) is 5. The standard InChI is InChI=1S/C23H22N4O3S/c1-4-31(29,30)18-12-10-17(11-13-18)24-23(28)19-14-20(16-8-6-5-7-9-16)25-22-21(19)15(2)26-27(22)3/h5-14H,4H2,1-3H3,(H,24,28). The number of anilines is 1. The van der Waals surface area contributed by atoms with E-state index in [1.165, 1.54) is 12.1 Å². The summed E-state index contributed by atoms with van der Waals surface area (Å²) in [5.74, 6) is -0.289. The van der Waals surface area contributed by atoms with Crippen LogP contribution in [0, 0.1) is 6.92 Å². The van der Waals surface area contributed by atoms with Gasteiger partial charge in [0.25, 0.3) is 5.91 Å². The molecule has 2 heterocycles. The summed E-state index contributed by atoms with van der Waals surface area (Å²) in [6, 6.07) is 17.6. The van der Waals surface area contributed by atoms with Crippen molar-refractivity contribution < 1.29 is 13.2 Å². The van der Waals surface area contributed by atoms with Crippen molar-refractivity contribution >= 4 is 32.5 Å². The molecular formula is C23H22N4O3S. The average Bonchev–Trinajstić information content (AvgIpc) is 3.07. The molecule has 158 valence electrons. The zero-order valence-corrected chi connectivity index (χ0v) is 18.3. The van der Waals surface area contributed by atoms with Gasteiger partial charge in [0, 0.05) is 18.3 Å². The molecule has 0 radical (unpaired) electrons. The van der Waals surface area contributed by atoms with Crippen molar-refractivity contribution in [2.75, 3.05) is 11.1 Å². The van der Waals surface area contributed by atoms with Crippen molar-refractivity contribution in [1.82, 2.24) is 14.8 Å². The van der Waals surface area contributed by atoms with Gasteiger partial charge in [-0.3, -0.25) is 9.48 Å². The van der Waals surface area contributed by atoms with Crippen LogP contribution in [0.4, 0.5) is 5.69 Å². The molecule has 4 aromatic rings. The molecule has 4 rings (SSSR count). The molecule has 1 N–H and O–H groups in total. The van der Waals surface area contributed by atoms with Gasteiger partial charge in [-0.15, -0.1) is 0 Å². The van der Waals surface area contributed by atoms with Crippen LogP contribution in [-0.4, -0.2) is 34.8 Å². The molecule has 2 aromatic heterocycles. The quantitative estimate of drug-likeness (QED) is 0.513. The third-order valence-electron chi connectivity index (χ3n) is 5.13. The number of rotatable bonds is 5. The van der Waals surface area contributed by atoms with E-state index in [2.05, 4.69) is 10.4 Å². The zero-order chi connectivity index (χ0) is 22.2. The van der Waals surface area contributed by atoms with Gasteiger partial charge in [-0.05, 0) is 37.3 Å². The molecule has 0 aliphatic heterocycles. The molecule has 31 heavy (non-hydrogen) atoms. The van der Waals surface area contributed by atoms with Gasteiger partial charge in [0.2, 0.25) is 0 Å². The molecule has 0 unspecified atom stereocenters. The Labute approximate surface area is 180 Å². The number of carbonyl (C=O) groups excluding carboxylic acids is 1. The maximum absolute atomic E-state index is 13.2. The summed E-state index contributed by atoms with van der Waals surface area (Å²) >= 11 is 0. The number of hydrogen-bond donors (Lipinski definition) is 1. The van der Waals surface area contributed by atoms with Gasteiger partial charge >= 0.3 is 0 Å². The van der Waals surface area contributed by atoms with Crippen molar-refractivity contribution in [3.05, 3.63) is 71.9 Å². The number of benzene rings is 2. The molecule has 0 fully saturated rings. The van der Waals surface area contributed by atoms with Crippen molar-refractivity contribution in [2.45, 2.75) is 18.7 Å². The van der Waals surface area contributed by atoms with Crippen LogP contribution >= 0.6 is 0 Å². The number of nitrogens with zero attached hydrogens (tertiary/aromatic N) is 3. The lowest BCUT2D eigenvalue weighted by Crippen LogP contribution is -2.13. The monoisotopic (exact) mass is 434 g/mol. The summed E-state index contributed by atoms with van der Waals surface area (Å²) in [6.07, 6.45) is 0. The van der Waals surface area contributed by atoms with E-state index in [0.717, 1.165) is 5.56 Å². The summed E-state index contributed by atoms with van der Waals surface area (Å²) in [5, 5.41) is 7.98. The number of aromatic nitrogens is 3. The molecule has 0 aliphatic carbocycles. The average molecular weight is 435 g/mol. The second kappa shape index (κ2) is 7.96. The number of sulfone groups is 1. The normalized spacial score (nSPS) is 11.6. The highest BCUT2D eigenvalue weighted by Gasteiger charge is 2.20. The fourth-order valence-electron chi connectivity index (χ4n) is 3.49. The van der Waals surface area contributed by atoms with Crippen LogP contribution in [-0.2, 0) is 16.9 Å². The Morgan fingerprint density at radius 3 is 2.39 bits per heavy atom. The zero-order valence-electron chi connectivity index (χ0n) is 17.5. The maximum atomic E-state index is 13.2. The van der Waals surface area contributed by atoms with Gasteiger partial charge in [0.05, 0.1) is 33.0 Å². The minimum absolute atomic E-state index is 0.0241. The van der Waals surface area contributed by atoms with Crippen molar-refractivity contribution in [2.24, 2.45) is 7.05 Å². The van der Waals surface area contributed by atoms with E-state index < -0.39 is 9.84 Å². The van der Waals surface area contributed by atoms with E-state index in [4.69, 9.17) is 4.98 Å². The second-order valence-electron chi connectivity index (χ2n) is 7.21. The van der Waals surface area contributed by atoms with Crippen LogP contribution < -0.4 is 5.32 Å². The molecule has 0 saturated heterocycles. The lowest BCUT2D eigenvalue weighted by atomic mass is 10.0. The predicted molar refractivity (Wildman–Crippen MR) is 121 cm³/mol. The van der Waals surface area contributed by atoms with Gasteiger partial charge < -0.3 is 5.32 Å². The largest absolute Gasteiger partial charge is 0.322 e. The topological polar surface area (TPSA) is 93.9 Å². The fraction of sp³-hybridized carbons (Fsp3) is 0.174. The predicted octanol–water partition coefficient (Wildman–Crippen LogP) is 3.99. The molecule has 0 atom stereocenters. The molecule has 8 heteroatoms. The van der Waals surface area contributed by atoms with Crippen LogP contribution in [0.3, 0.4) is 0 Å². The van der Waals surface area contributed by atoms with Gasteiger partial charge in [0.15, 0.2) is 15.5 Å². The lowest BCUT2D eigenvalue weighted by molar-refractivity contribution is 0.102. The summed E-state index contributed by atoms with van der Waals surface area (Å²) in [7, 11) is -1.50. The van der Waals surface area contributed by atoms with E-state index in [9.17, 15) is 13.2 Å². The Morgan fingerprint density at radius 1 is 1.06 bits per heavy atom. The molecule has 0 spiro atoms. The number of amides is 1. The summed E-state index contributed by atoms with van der Waals surface area (Å²) in [6.45, 7) is 3.44. The van der Waals surface area contributed by atoms with E-state index in [-0.39, 0.29) is 16.6 Å². The van der Waals surface area contributed by atoms with Gasteiger partial charge in [-0.25, -0.2) is 13.4 Å². The highest BCUT2D eigenvalue weighted by Crippen LogP contribution is 2.27. The van der Waals surface area contributed by atoms with Crippen LogP contribution in [0.25, 0.3) is 22.3 Å². The first-order valence-electron chi connectivity index (χ1n) is 9.84. The third kappa shape index (κ3) is 3.94. The number of fused-ring (bicyclic) bond motifs is 1. The van der Waals surface area contributed by atoms with Gasteiger partial charge in [-0.1, -0.05) is 37.3 Å². The summed E-state index contributed by atoms with van der Waals surface area (Å²) < 4.78 is 25.7. The SMILES string of the molecule is CCS(=O)(=O)c1ccc(NC(=O)c2cc(-c3ccccc3)nc3c2c(C)nn3C)cc1. The molecular weight excluding hydrogens is 412 g/mol. The Bertz CT molecular complexity index is 1380. The molecule has 7 nitrogen and oxygen atoms in total. The number of carbonyl (C=O) groups is 1.